The van der Waals surface area contributed by atoms with Crippen LogP contribution in [0.3, 0.4) is 0 Å². The van der Waals surface area contributed by atoms with Gasteiger partial charge in [-0.2, -0.15) is 0 Å². The molecular formula is C30H34F3N3O5S. The Balaban J connectivity index is 1.67. The van der Waals surface area contributed by atoms with Crippen molar-refractivity contribution in [2.24, 2.45) is 5.92 Å². The highest BCUT2D eigenvalue weighted by Crippen LogP contribution is 2.28. The van der Waals surface area contributed by atoms with E-state index in [-0.39, 0.29) is 59.1 Å². The largest absolute Gasteiger partial charge is 0.491 e. The second-order valence-corrected chi connectivity index (χ2v) is 12.2. The number of hydrogen-bond donors (Lipinski definition) is 1. The minimum Gasteiger partial charge on any atom is -0.491 e. The molecule has 8 nitrogen and oxygen atoms in total. The summed E-state index contributed by atoms with van der Waals surface area (Å²) in [5.41, 5.74) is 0.399. The van der Waals surface area contributed by atoms with Crippen molar-refractivity contribution in [1.82, 2.24) is 9.80 Å². The van der Waals surface area contributed by atoms with Crippen LogP contribution in [-0.4, -0.2) is 70.1 Å². The maximum absolute atomic E-state index is 14.6. The monoisotopic (exact) mass is 605 g/mol. The molecule has 0 saturated heterocycles. The molecule has 3 aromatic carbocycles. The fraction of sp³-hybridized carbons (Fsp3) is 0.367. The fourth-order valence-electron chi connectivity index (χ4n) is 4.87. The predicted octanol–water partition coefficient (Wildman–Crippen LogP) is 4.91. The summed E-state index contributed by atoms with van der Waals surface area (Å²) in [5.74, 6) is -2.08. The van der Waals surface area contributed by atoms with E-state index >= 15 is 0 Å². The Bertz CT molecular complexity index is 1540. The minimum atomic E-state index is -4.15. The van der Waals surface area contributed by atoms with E-state index in [0.29, 0.717) is 6.54 Å². The van der Waals surface area contributed by atoms with Gasteiger partial charge in [-0.1, -0.05) is 13.0 Å². The molecule has 0 aliphatic carbocycles. The lowest BCUT2D eigenvalue weighted by Gasteiger charge is -2.36. The van der Waals surface area contributed by atoms with E-state index in [1.54, 1.807) is 14.2 Å². The average Bonchev–Trinajstić information content (AvgIpc) is 2.95. The second-order valence-electron chi connectivity index (χ2n) is 10.5. The predicted molar refractivity (Wildman–Crippen MR) is 152 cm³/mol. The van der Waals surface area contributed by atoms with Gasteiger partial charge in [-0.3, -0.25) is 14.4 Å². The van der Waals surface area contributed by atoms with Crippen LogP contribution in [0.2, 0.25) is 0 Å². The molecule has 0 aromatic heterocycles. The first-order valence-corrected chi connectivity index (χ1v) is 14.9. The Hall–Kier alpha value is -3.61. The standard InChI is InChI=1S/C30H34F3N3O5S/c1-19-15-36(16-21-12-23(32)8-10-27(21)33)20(2)18-41-28-11-9-24(14-26(28)30(37)35(3)17-29(19)40-4)34-42(38,39)25-7-5-6-22(31)13-25/h5-14,19-20,29,34H,15-18H2,1-4H3/t19-,20-,29+/m1/s1. The van der Waals surface area contributed by atoms with E-state index in [1.165, 1.54) is 41.3 Å². The van der Waals surface area contributed by atoms with Crippen LogP contribution in [0.5, 0.6) is 5.75 Å². The number of fused-ring (bicyclic) bond motifs is 1. The molecule has 0 saturated carbocycles. The first-order chi connectivity index (χ1) is 19.9. The number of halogens is 3. The molecule has 226 valence electrons. The smallest absolute Gasteiger partial charge is 0.261 e. The molecule has 3 aromatic rings. The van der Waals surface area contributed by atoms with Crippen molar-refractivity contribution in [3.05, 3.63) is 89.2 Å². The number of benzene rings is 3. The number of methoxy groups -OCH3 is 1. The fourth-order valence-corrected chi connectivity index (χ4v) is 5.95. The SMILES string of the molecule is CO[C@H]1CN(C)C(=O)c2cc(NS(=O)(=O)c3cccc(F)c3)ccc2OC[C@@H](C)N(Cc2cc(F)ccc2F)C[C@H]1C. The molecule has 1 aliphatic rings. The van der Waals surface area contributed by atoms with Crippen LogP contribution in [0.1, 0.15) is 29.8 Å². The van der Waals surface area contributed by atoms with Crippen molar-refractivity contribution in [2.75, 3.05) is 38.6 Å². The number of rotatable bonds is 6. The molecule has 0 spiro atoms. The Labute approximate surface area is 244 Å². The molecule has 1 amide bonds. The van der Waals surface area contributed by atoms with Crippen LogP contribution in [0.4, 0.5) is 18.9 Å². The van der Waals surface area contributed by atoms with E-state index in [0.717, 1.165) is 24.3 Å². The molecule has 0 unspecified atom stereocenters. The average molecular weight is 606 g/mol. The number of ether oxygens (including phenoxy) is 2. The number of sulfonamides is 1. The van der Waals surface area contributed by atoms with Gasteiger partial charge >= 0.3 is 0 Å². The topological polar surface area (TPSA) is 88.2 Å². The molecule has 0 radical (unpaired) electrons. The number of hydrogen-bond acceptors (Lipinski definition) is 6. The van der Waals surface area contributed by atoms with Crippen LogP contribution < -0.4 is 9.46 Å². The van der Waals surface area contributed by atoms with Gasteiger partial charge in [-0.15, -0.1) is 0 Å². The van der Waals surface area contributed by atoms with E-state index in [9.17, 15) is 26.4 Å². The molecule has 12 heteroatoms. The maximum atomic E-state index is 14.6. The van der Waals surface area contributed by atoms with Crippen molar-refractivity contribution in [1.29, 1.82) is 0 Å². The number of anilines is 1. The van der Waals surface area contributed by atoms with Gasteiger partial charge in [0.1, 0.15) is 29.8 Å². The summed E-state index contributed by atoms with van der Waals surface area (Å²) in [7, 11) is -1.00. The highest BCUT2D eigenvalue weighted by molar-refractivity contribution is 7.92. The molecule has 0 bridgehead atoms. The van der Waals surface area contributed by atoms with Crippen molar-refractivity contribution < 1.29 is 35.9 Å². The molecule has 4 rings (SSSR count). The Morgan fingerprint density at radius 2 is 1.74 bits per heavy atom. The molecule has 1 N–H and O–H groups in total. The van der Waals surface area contributed by atoms with Crippen molar-refractivity contribution >= 4 is 21.6 Å². The zero-order valence-electron chi connectivity index (χ0n) is 23.8. The van der Waals surface area contributed by atoms with Crippen LogP contribution in [-0.2, 0) is 21.3 Å². The van der Waals surface area contributed by atoms with Crippen LogP contribution in [0.15, 0.2) is 65.6 Å². The number of likely N-dealkylation sites (N-methyl/N-ethyl adjacent to an activating group) is 1. The maximum Gasteiger partial charge on any atom is 0.261 e. The summed E-state index contributed by atoms with van der Waals surface area (Å²) in [6, 6.07) is 11.9. The van der Waals surface area contributed by atoms with Gasteiger partial charge < -0.3 is 14.4 Å². The summed E-state index contributed by atoms with van der Waals surface area (Å²) < 4.78 is 82.1. The van der Waals surface area contributed by atoms with Crippen molar-refractivity contribution in [2.45, 2.75) is 37.4 Å². The molecule has 3 atom stereocenters. The molecule has 1 heterocycles. The Morgan fingerprint density at radius 1 is 1.00 bits per heavy atom. The third-order valence-corrected chi connectivity index (χ3v) is 8.69. The lowest BCUT2D eigenvalue weighted by molar-refractivity contribution is 0.00903. The summed E-state index contributed by atoms with van der Waals surface area (Å²) in [5, 5.41) is 0. The van der Waals surface area contributed by atoms with Crippen LogP contribution >= 0.6 is 0 Å². The van der Waals surface area contributed by atoms with Gasteiger partial charge in [-0.05, 0) is 67.4 Å². The van der Waals surface area contributed by atoms with Crippen molar-refractivity contribution in [3.63, 3.8) is 0 Å². The quantitative estimate of drug-likeness (QED) is 0.430. The minimum absolute atomic E-state index is 0.0865. The normalized spacial score (nSPS) is 20.7. The number of nitrogens with zero attached hydrogens (tertiary/aromatic N) is 2. The second kappa shape index (κ2) is 13.1. The van der Waals surface area contributed by atoms with Gasteiger partial charge in [0.05, 0.1) is 16.6 Å². The number of nitrogens with one attached hydrogen (secondary N) is 1. The first kappa shape index (κ1) is 31.3. The number of carbonyl (C=O) groups excluding carboxylic acids is 1. The molecular weight excluding hydrogens is 571 g/mol. The van der Waals surface area contributed by atoms with Crippen molar-refractivity contribution in [3.8, 4) is 5.75 Å². The van der Waals surface area contributed by atoms with Gasteiger partial charge in [0.15, 0.2) is 0 Å². The third-order valence-electron chi connectivity index (χ3n) is 7.31. The van der Waals surface area contributed by atoms with Gasteiger partial charge in [-0.25, -0.2) is 21.6 Å². The summed E-state index contributed by atoms with van der Waals surface area (Å²) in [6.07, 6.45) is -0.399. The first-order valence-electron chi connectivity index (χ1n) is 13.4. The van der Waals surface area contributed by atoms with Gasteiger partial charge in [0, 0.05) is 51.1 Å². The van der Waals surface area contributed by atoms with Gasteiger partial charge in [0.2, 0.25) is 0 Å². The lowest BCUT2D eigenvalue weighted by atomic mass is 10.0. The lowest BCUT2D eigenvalue weighted by Crippen LogP contribution is -2.46. The van der Waals surface area contributed by atoms with Gasteiger partial charge in [0.25, 0.3) is 15.9 Å². The van der Waals surface area contributed by atoms with E-state index in [4.69, 9.17) is 9.47 Å². The molecule has 42 heavy (non-hydrogen) atoms. The van der Waals surface area contributed by atoms with Crippen LogP contribution in [0.25, 0.3) is 0 Å². The zero-order valence-corrected chi connectivity index (χ0v) is 24.6. The molecule has 1 aliphatic heterocycles. The van der Waals surface area contributed by atoms with Crippen LogP contribution in [0, 0.1) is 23.4 Å². The zero-order chi connectivity index (χ0) is 30.6. The number of amides is 1. The van der Waals surface area contributed by atoms with E-state index in [1.807, 2.05) is 18.7 Å². The summed E-state index contributed by atoms with van der Waals surface area (Å²) in [6.45, 7) is 4.71. The van der Waals surface area contributed by atoms with E-state index in [2.05, 4.69) is 4.72 Å². The summed E-state index contributed by atoms with van der Waals surface area (Å²) in [4.78, 5) is 16.7. The highest BCUT2D eigenvalue weighted by atomic mass is 32.2. The Morgan fingerprint density at radius 3 is 2.45 bits per heavy atom. The summed E-state index contributed by atoms with van der Waals surface area (Å²) >= 11 is 0. The number of carbonyl (C=O) groups is 1. The highest BCUT2D eigenvalue weighted by Gasteiger charge is 2.29. The third kappa shape index (κ3) is 7.42. The Kier molecular flexibility index (Phi) is 9.80. The van der Waals surface area contributed by atoms with E-state index < -0.39 is 39.5 Å². The molecule has 0 fully saturated rings.